The Kier molecular flexibility index (Phi) is 4.75. The molecule has 0 aromatic heterocycles. The second-order valence-electron chi connectivity index (χ2n) is 5.26. The Bertz CT molecular complexity index is 1120. The summed E-state index contributed by atoms with van der Waals surface area (Å²) in [5.74, 6) is 0. The standard InChI is InChI=1S/C19H13ClN2O2S/c20-18-7-3-4-8-19(18)22-13-17(12-21)25(23,24)16-10-9-14-5-1-2-6-15(14)11-16/h1-11,13,22H/b17-13-. The highest BCUT2D eigenvalue weighted by molar-refractivity contribution is 7.95. The van der Waals surface area contributed by atoms with Crippen LogP contribution in [0.15, 0.2) is 82.7 Å². The molecule has 0 spiro atoms. The van der Waals surface area contributed by atoms with E-state index < -0.39 is 9.84 Å². The fraction of sp³-hybridized carbons (Fsp3) is 0. The molecule has 4 nitrogen and oxygen atoms in total. The summed E-state index contributed by atoms with van der Waals surface area (Å²) in [6.07, 6.45) is 1.16. The Balaban J connectivity index is 1.99. The normalized spacial score (nSPS) is 11.9. The molecule has 0 atom stereocenters. The third-order valence-electron chi connectivity index (χ3n) is 3.66. The summed E-state index contributed by atoms with van der Waals surface area (Å²) < 4.78 is 25.5. The fourth-order valence-electron chi connectivity index (χ4n) is 2.35. The van der Waals surface area contributed by atoms with Crippen molar-refractivity contribution in [2.45, 2.75) is 4.90 Å². The lowest BCUT2D eigenvalue weighted by Crippen LogP contribution is -2.05. The third kappa shape index (κ3) is 3.50. The molecule has 124 valence electrons. The first-order valence-electron chi connectivity index (χ1n) is 7.37. The van der Waals surface area contributed by atoms with Gasteiger partial charge in [0.15, 0.2) is 4.91 Å². The highest BCUT2D eigenvalue weighted by Crippen LogP contribution is 2.25. The number of fused-ring (bicyclic) bond motifs is 1. The summed E-state index contributed by atoms with van der Waals surface area (Å²) in [6.45, 7) is 0. The van der Waals surface area contributed by atoms with E-state index >= 15 is 0 Å². The first kappa shape index (κ1) is 17.0. The van der Waals surface area contributed by atoms with Crippen molar-refractivity contribution in [2.75, 3.05) is 5.32 Å². The average molecular weight is 369 g/mol. The zero-order valence-corrected chi connectivity index (χ0v) is 14.6. The van der Waals surface area contributed by atoms with Gasteiger partial charge in [-0.2, -0.15) is 5.26 Å². The number of nitrogens with one attached hydrogen (secondary N) is 1. The lowest BCUT2D eigenvalue weighted by Gasteiger charge is -2.07. The molecule has 0 unspecified atom stereocenters. The van der Waals surface area contributed by atoms with Crippen LogP contribution >= 0.6 is 11.6 Å². The van der Waals surface area contributed by atoms with Crippen molar-refractivity contribution in [2.24, 2.45) is 0 Å². The maximum absolute atomic E-state index is 12.7. The van der Waals surface area contributed by atoms with Crippen LogP contribution in [-0.4, -0.2) is 8.42 Å². The molecular weight excluding hydrogens is 356 g/mol. The number of rotatable bonds is 4. The molecule has 0 aliphatic carbocycles. The van der Waals surface area contributed by atoms with Crippen LogP contribution in [0.3, 0.4) is 0 Å². The van der Waals surface area contributed by atoms with Crippen molar-refractivity contribution < 1.29 is 8.42 Å². The van der Waals surface area contributed by atoms with E-state index in [9.17, 15) is 13.7 Å². The molecule has 0 radical (unpaired) electrons. The average Bonchev–Trinajstić information content (AvgIpc) is 2.63. The SMILES string of the molecule is N#C/C(=C/Nc1ccccc1Cl)S(=O)(=O)c1ccc2ccccc2c1. The third-order valence-corrected chi connectivity index (χ3v) is 5.66. The molecule has 0 amide bonds. The van der Waals surface area contributed by atoms with Gasteiger partial charge in [-0.1, -0.05) is 54.1 Å². The molecule has 3 rings (SSSR count). The molecule has 3 aromatic rings. The predicted octanol–water partition coefficient (Wildman–Crippen LogP) is 4.74. The van der Waals surface area contributed by atoms with Crippen LogP contribution in [0.5, 0.6) is 0 Å². The van der Waals surface area contributed by atoms with Gasteiger partial charge in [0.2, 0.25) is 9.84 Å². The first-order chi connectivity index (χ1) is 12.0. The largest absolute Gasteiger partial charge is 0.359 e. The topological polar surface area (TPSA) is 70.0 Å². The number of hydrogen-bond donors (Lipinski definition) is 1. The Morgan fingerprint density at radius 3 is 2.40 bits per heavy atom. The Morgan fingerprint density at radius 1 is 1.00 bits per heavy atom. The highest BCUT2D eigenvalue weighted by Gasteiger charge is 2.21. The summed E-state index contributed by atoms with van der Waals surface area (Å²) >= 11 is 6.02. The molecule has 0 bridgehead atoms. The van der Waals surface area contributed by atoms with Gasteiger partial charge in [0.1, 0.15) is 6.07 Å². The van der Waals surface area contributed by atoms with Crippen LogP contribution in [0.2, 0.25) is 5.02 Å². The maximum atomic E-state index is 12.7. The monoisotopic (exact) mass is 368 g/mol. The zero-order valence-electron chi connectivity index (χ0n) is 13.0. The van der Waals surface area contributed by atoms with E-state index in [0.29, 0.717) is 10.7 Å². The number of sulfone groups is 1. The lowest BCUT2D eigenvalue weighted by molar-refractivity contribution is 0.603. The van der Waals surface area contributed by atoms with Gasteiger partial charge in [0.05, 0.1) is 15.6 Å². The van der Waals surface area contributed by atoms with Crippen LogP contribution in [-0.2, 0) is 9.84 Å². The van der Waals surface area contributed by atoms with Crippen LogP contribution in [0.25, 0.3) is 10.8 Å². The van der Waals surface area contributed by atoms with Gasteiger partial charge in [-0.15, -0.1) is 0 Å². The molecule has 0 saturated carbocycles. The minimum Gasteiger partial charge on any atom is -0.359 e. The second kappa shape index (κ2) is 6.98. The number of anilines is 1. The minimum atomic E-state index is -3.93. The number of nitrogens with zero attached hydrogens (tertiary/aromatic N) is 1. The van der Waals surface area contributed by atoms with Crippen molar-refractivity contribution >= 4 is 37.9 Å². The zero-order chi connectivity index (χ0) is 17.9. The van der Waals surface area contributed by atoms with Crippen molar-refractivity contribution in [3.8, 4) is 6.07 Å². The summed E-state index contributed by atoms with van der Waals surface area (Å²) in [7, 11) is -3.93. The summed E-state index contributed by atoms with van der Waals surface area (Å²) in [4.78, 5) is -0.317. The molecule has 6 heteroatoms. The van der Waals surface area contributed by atoms with Crippen LogP contribution < -0.4 is 5.32 Å². The van der Waals surface area contributed by atoms with E-state index in [-0.39, 0.29) is 9.80 Å². The molecule has 3 aromatic carbocycles. The Morgan fingerprint density at radius 2 is 1.68 bits per heavy atom. The van der Waals surface area contributed by atoms with Gasteiger partial charge in [-0.3, -0.25) is 0 Å². The van der Waals surface area contributed by atoms with Crippen LogP contribution in [0.4, 0.5) is 5.69 Å². The Labute approximate surface area is 150 Å². The molecular formula is C19H13ClN2O2S. The van der Waals surface area contributed by atoms with E-state index in [1.54, 1.807) is 42.5 Å². The molecule has 0 saturated heterocycles. The first-order valence-corrected chi connectivity index (χ1v) is 9.24. The van der Waals surface area contributed by atoms with Crippen LogP contribution in [0.1, 0.15) is 0 Å². The van der Waals surface area contributed by atoms with Crippen molar-refractivity contribution in [1.29, 1.82) is 5.26 Å². The van der Waals surface area contributed by atoms with E-state index in [2.05, 4.69) is 5.32 Å². The number of hydrogen-bond acceptors (Lipinski definition) is 4. The fourth-order valence-corrected chi connectivity index (χ4v) is 3.66. The number of halogens is 1. The van der Waals surface area contributed by atoms with E-state index in [0.717, 1.165) is 17.0 Å². The van der Waals surface area contributed by atoms with Gasteiger partial charge in [-0.25, -0.2) is 8.42 Å². The Hall–Kier alpha value is -2.81. The number of benzene rings is 3. The van der Waals surface area contributed by atoms with Crippen LogP contribution in [0, 0.1) is 11.3 Å². The smallest absolute Gasteiger partial charge is 0.218 e. The summed E-state index contributed by atoms with van der Waals surface area (Å²) in [5.41, 5.74) is 0.519. The van der Waals surface area contributed by atoms with Crippen molar-refractivity contribution in [3.63, 3.8) is 0 Å². The summed E-state index contributed by atoms with van der Waals surface area (Å²) in [5, 5.41) is 14.2. The molecule has 25 heavy (non-hydrogen) atoms. The van der Waals surface area contributed by atoms with E-state index in [4.69, 9.17) is 11.6 Å². The van der Waals surface area contributed by atoms with Gasteiger partial charge < -0.3 is 5.32 Å². The highest BCUT2D eigenvalue weighted by atomic mass is 35.5. The van der Waals surface area contributed by atoms with Crippen molar-refractivity contribution in [3.05, 3.63) is 82.9 Å². The van der Waals surface area contributed by atoms with Gasteiger partial charge in [0, 0.05) is 6.20 Å². The van der Waals surface area contributed by atoms with Crippen molar-refractivity contribution in [1.82, 2.24) is 0 Å². The molecule has 0 fully saturated rings. The molecule has 1 N–H and O–H groups in total. The van der Waals surface area contributed by atoms with E-state index in [1.807, 2.05) is 24.3 Å². The second-order valence-corrected chi connectivity index (χ2v) is 7.58. The minimum absolute atomic E-state index is 0.0694. The summed E-state index contributed by atoms with van der Waals surface area (Å²) in [6, 6.07) is 20.8. The van der Waals surface area contributed by atoms with E-state index in [1.165, 1.54) is 6.07 Å². The number of nitriles is 1. The number of allylic oxidation sites excluding steroid dienone is 1. The predicted molar refractivity (Wildman–Crippen MR) is 99.9 cm³/mol. The quantitative estimate of drug-likeness (QED) is 0.675. The molecule has 0 aliphatic rings. The lowest BCUT2D eigenvalue weighted by atomic mass is 10.1. The molecule has 0 aliphatic heterocycles. The number of para-hydroxylation sites is 1. The van der Waals surface area contributed by atoms with Gasteiger partial charge in [-0.05, 0) is 35.0 Å². The van der Waals surface area contributed by atoms with Gasteiger partial charge in [0.25, 0.3) is 0 Å². The maximum Gasteiger partial charge on any atom is 0.218 e. The van der Waals surface area contributed by atoms with Gasteiger partial charge >= 0.3 is 0 Å². The molecule has 0 heterocycles.